The Morgan fingerprint density at radius 2 is 1.88 bits per heavy atom. The lowest BCUT2D eigenvalue weighted by Gasteiger charge is -2.22. The van der Waals surface area contributed by atoms with Gasteiger partial charge < -0.3 is 24.4 Å². The van der Waals surface area contributed by atoms with Crippen molar-refractivity contribution in [2.24, 2.45) is 7.05 Å². The molecule has 2 aromatic carbocycles. The number of rotatable bonds is 10. The first-order chi connectivity index (χ1) is 19.0. The fourth-order valence-electron chi connectivity index (χ4n) is 4.46. The van der Waals surface area contributed by atoms with Crippen molar-refractivity contribution in [3.05, 3.63) is 70.0 Å². The van der Waals surface area contributed by atoms with Crippen LogP contribution in [-0.2, 0) is 11.8 Å². The quantitative estimate of drug-likeness (QED) is 0.146. The largest absolute Gasteiger partial charge is 0.459 e. The number of para-hydroxylation sites is 1. The summed E-state index contributed by atoms with van der Waals surface area (Å²) in [5, 5.41) is 16.1. The molecule has 41 heavy (non-hydrogen) atoms. The van der Waals surface area contributed by atoms with Crippen LogP contribution in [-0.4, -0.2) is 70.7 Å². The van der Waals surface area contributed by atoms with Gasteiger partial charge in [0.25, 0.3) is 5.69 Å². The van der Waals surface area contributed by atoms with Gasteiger partial charge >= 0.3 is 5.97 Å². The van der Waals surface area contributed by atoms with Gasteiger partial charge in [0, 0.05) is 62.1 Å². The van der Waals surface area contributed by atoms with Gasteiger partial charge in [0.2, 0.25) is 5.95 Å². The second kappa shape index (κ2) is 12.8. The maximum absolute atomic E-state index is 13.0. The summed E-state index contributed by atoms with van der Waals surface area (Å²) in [7, 11) is 7.69. The summed E-state index contributed by atoms with van der Waals surface area (Å²) in [6, 6.07) is 11.1. The summed E-state index contributed by atoms with van der Waals surface area (Å²) in [6.45, 7) is 6.82. The number of hydrogen-bond donors (Lipinski definition) is 1. The van der Waals surface area contributed by atoms with Crippen molar-refractivity contribution in [3.63, 3.8) is 0 Å². The van der Waals surface area contributed by atoms with E-state index in [1.165, 1.54) is 12.3 Å². The Bertz CT molecular complexity index is 1560. The zero-order valence-corrected chi connectivity index (χ0v) is 23.9. The van der Waals surface area contributed by atoms with E-state index >= 15 is 0 Å². The summed E-state index contributed by atoms with van der Waals surface area (Å²) in [4.78, 5) is 37.7. The van der Waals surface area contributed by atoms with Gasteiger partial charge in [0.15, 0.2) is 0 Å². The molecule has 218 valence electrons. The van der Waals surface area contributed by atoms with Crippen molar-refractivity contribution in [3.8, 4) is 11.3 Å². The van der Waals surface area contributed by atoms with Gasteiger partial charge in [0.1, 0.15) is 11.3 Å². The number of nitro groups is 1. The summed E-state index contributed by atoms with van der Waals surface area (Å²) in [6.07, 6.45) is 3.03. The molecule has 0 radical (unpaired) electrons. The lowest BCUT2D eigenvalue weighted by atomic mass is 10.1. The van der Waals surface area contributed by atoms with E-state index in [1.807, 2.05) is 79.9 Å². The third kappa shape index (κ3) is 6.80. The van der Waals surface area contributed by atoms with E-state index in [0.717, 1.165) is 28.6 Å². The maximum atomic E-state index is 13.0. The van der Waals surface area contributed by atoms with E-state index in [-0.39, 0.29) is 35.7 Å². The average Bonchev–Trinajstić information content (AvgIpc) is 3.24. The van der Waals surface area contributed by atoms with Crippen LogP contribution in [0.5, 0.6) is 0 Å². The monoisotopic (exact) mass is 561 g/mol. The zero-order valence-electron chi connectivity index (χ0n) is 23.9. The summed E-state index contributed by atoms with van der Waals surface area (Å²) >= 11 is 0. The standard InChI is InChI=1S/C29H35N7O4.CH4/c1-18(2)40-28(37)21-16-30-29(32-27(21)22-17-35(7)24-11-9-8-10-20(22)24)31-23-15-26(36(38)39)25(14-19(23)3)34(6)13-12-33(4)5;/h8-11,14-18H,12-13H2,1-7H3,(H,30,31,32);1H4. The molecule has 1 N–H and O–H groups in total. The molecule has 0 amide bonds. The molecule has 0 bridgehead atoms. The normalized spacial score (nSPS) is 11.0. The van der Waals surface area contributed by atoms with Gasteiger partial charge in [0.05, 0.1) is 22.4 Å². The van der Waals surface area contributed by atoms with Crippen molar-refractivity contribution in [2.75, 3.05) is 44.4 Å². The highest BCUT2D eigenvalue weighted by Crippen LogP contribution is 2.36. The Balaban J connectivity index is 0.00000462. The minimum atomic E-state index is -0.526. The summed E-state index contributed by atoms with van der Waals surface area (Å²) < 4.78 is 7.45. The molecule has 0 saturated heterocycles. The van der Waals surface area contributed by atoms with E-state index in [1.54, 1.807) is 19.9 Å². The van der Waals surface area contributed by atoms with Gasteiger partial charge in [-0.3, -0.25) is 10.1 Å². The van der Waals surface area contributed by atoms with Gasteiger partial charge in [-0.25, -0.2) is 14.8 Å². The highest BCUT2D eigenvalue weighted by Gasteiger charge is 2.24. The molecule has 0 saturated carbocycles. The van der Waals surface area contributed by atoms with Crippen LogP contribution in [0.25, 0.3) is 22.2 Å². The van der Waals surface area contributed by atoms with Crippen LogP contribution in [0.4, 0.5) is 23.0 Å². The smallest absolute Gasteiger partial charge is 0.342 e. The van der Waals surface area contributed by atoms with Crippen LogP contribution >= 0.6 is 0 Å². The van der Waals surface area contributed by atoms with Crippen molar-refractivity contribution in [1.82, 2.24) is 19.4 Å². The first kappa shape index (κ1) is 31.0. The second-order valence-corrected chi connectivity index (χ2v) is 10.3. The number of nitro benzene ring substituents is 1. The van der Waals surface area contributed by atoms with Crippen LogP contribution in [0.2, 0.25) is 0 Å². The topological polar surface area (TPSA) is 119 Å². The number of nitrogens with zero attached hydrogens (tertiary/aromatic N) is 6. The molecule has 0 spiro atoms. The fourth-order valence-corrected chi connectivity index (χ4v) is 4.46. The third-order valence-corrected chi connectivity index (χ3v) is 6.56. The molecule has 0 aliphatic heterocycles. The molecule has 4 rings (SSSR count). The SMILES string of the molecule is C.Cc1cc(N(C)CCN(C)C)c([N+](=O)[O-])cc1Nc1ncc(C(=O)OC(C)C)c(-c2cn(C)c3ccccc23)n1. The Labute approximate surface area is 240 Å². The molecule has 0 aliphatic rings. The Hall–Kier alpha value is -4.51. The number of anilines is 3. The van der Waals surface area contributed by atoms with E-state index < -0.39 is 5.97 Å². The highest BCUT2D eigenvalue weighted by molar-refractivity contribution is 6.03. The van der Waals surface area contributed by atoms with Gasteiger partial charge in [-0.1, -0.05) is 25.6 Å². The van der Waals surface area contributed by atoms with Crippen LogP contribution in [0.3, 0.4) is 0 Å². The number of benzene rings is 2. The minimum Gasteiger partial charge on any atom is -0.459 e. The van der Waals surface area contributed by atoms with Crippen molar-refractivity contribution in [2.45, 2.75) is 34.3 Å². The fraction of sp³-hybridized carbons (Fsp3) is 0.367. The lowest BCUT2D eigenvalue weighted by Crippen LogP contribution is -2.29. The highest BCUT2D eigenvalue weighted by atomic mass is 16.6. The number of fused-ring (bicyclic) bond motifs is 1. The second-order valence-electron chi connectivity index (χ2n) is 10.3. The number of aromatic nitrogens is 3. The minimum absolute atomic E-state index is 0. The Morgan fingerprint density at radius 3 is 2.54 bits per heavy atom. The first-order valence-corrected chi connectivity index (χ1v) is 13.0. The molecule has 0 fully saturated rings. The van der Waals surface area contributed by atoms with Crippen LogP contribution in [0, 0.1) is 17.0 Å². The number of esters is 1. The predicted molar refractivity (Wildman–Crippen MR) is 164 cm³/mol. The molecular weight excluding hydrogens is 522 g/mol. The molecule has 2 heterocycles. The van der Waals surface area contributed by atoms with E-state index in [9.17, 15) is 14.9 Å². The first-order valence-electron chi connectivity index (χ1n) is 13.0. The van der Waals surface area contributed by atoms with Gasteiger partial charge in [-0.2, -0.15) is 0 Å². The molecule has 11 heteroatoms. The van der Waals surface area contributed by atoms with Crippen molar-refractivity contribution >= 4 is 39.9 Å². The molecule has 0 unspecified atom stereocenters. The van der Waals surface area contributed by atoms with E-state index in [0.29, 0.717) is 23.6 Å². The number of hydrogen-bond acceptors (Lipinski definition) is 9. The molecular formula is C30H39N7O4. The third-order valence-electron chi connectivity index (χ3n) is 6.56. The average molecular weight is 562 g/mol. The van der Waals surface area contributed by atoms with Crippen molar-refractivity contribution < 1.29 is 14.5 Å². The van der Waals surface area contributed by atoms with Gasteiger partial charge in [-0.15, -0.1) is 0 Å². The number of likely N-dealkylation sites (N-methyl/N-ethyl adjacent to an activating group) is 2. The zero-order chi connectivity index (χ0) is 29.1. The summed E-state index contributed by atoms with van der Waals surface area (Å²) in [5.74, 6) is -0.323. The van der Waals surface area contributed by atoms with Crippen LogP contribution < -0.4 is 10.2 Å². The van der Waals surface area contributed by atoms with Crippen LogP contribution in [0.1, 0.15) is 37.2 Å². The van der Waals surface area contributed by atoms with E-state index in [2.05, 4.69) is 10.3 Å². The number of ether oxygens (including phenoxy) is 1. The Morgan fingerprint density at radius 1 is 1.17 bits per heavy atom. The van der Waals surface area contributed by atoms with Gasteiger partial charge in [-0.05, 0) is 52.6 Å². The predicted octanol–water partition coefficient (Wildman–Crippen LogP) is 5.79. The lowest BCUT2D eigenvalue weighted by molar-refractivity contribution is -0.384. The molecule has 4 aromatic rings. The number of aryl methyl sites for hydroxylation is 2. The van der Waals surface area contributed by atoms with E-state index in [4.69, 9.17) is 9.72 Å². The summed E-state index contributed by atoms with van der Waals surface area (Å²) in [5.41, 5.74) is 4.16. The Kier molecular flexibility index (Phi) is 9.67. The molecule has 11 nitrogen and oxygen atoms in total. The number of carbonyl (C=O) groups is 1. The van der Waals surface area contributed by atoms with Crippen molar-refractivity contribution in [1.29, 1.82) is 0 Å². The number of carbonyl (C=O) groups excluding carboxylic acids is 1. The molecule has 2 aromatic heterocycles. The van der Waals surface area contributed by atoms with Crippen LogP contribution in [0.15, 0.2) is 48.8 Å². The maximum Gasteiger partial charge on any atom is 0.342 e. The molecule has 0 aliphatic carbocycles. The molecule has 0 atom stereocenters. The number of nitrogens with one attached hydrogen (secondary N) is 1.